The third kappa shape index (κ3) is 4.71. The second kappa shape index (κ2) is 8.56. The fourth-order valence-electron chi connectivity index (χ4n) is 3.06. The molecule has 1 aromatic heterocycles. The molecule has 2 aromatic carbocycles. The van der Waals surface area contributed by atoms with Gasteiger partial charge < -0.3 is 5.32 Å². The first kappa shape index (κ1) is 22.9. The summed E-state index contributed by atoms with van der Waals surface area (Å²) >= 11 is 13.1. The molecule has 32 heavy (non-hydrogen) atoms. The van der Waals surface area contributed by atoms with Crippen LogP contribution in [0.4, 0.5) is 17.1 Å². The first-order valence-corrected chi connectivity index (χ1v) is 13.7. The van der Waals surface area contributed by atoms with Gasteiger partial charge in [-0.2, -0.15) is 0 Å². The van der Waals surface area contributed by atoms with Crippen LogP contribution in [-0.4, -0.2) is 22.7 Å². The van der Waals surface area contributed by atoms with Crippen molar-refractivity contribution in [3.63, 3.8) is 0 Å². The Balaban J connectivity index is 1.69. The largest absolute Gasteiger partial charge is 0.326 e. The summed E-state index contributed by atoms with van der Waals surface area (Å²) in [6.07, 6.45) is 0.661. The summed E-state index contributed by atoms with van der Waals surface area (Å²) < 4.78 is 56.2. The topological polar surface area (TPSA) is 121 Å². The van der Waals surface area contributed by atoms with Crippen LogP contribution < -0.4 is 14.8 Å². The summed E-state index contributed by atoms with van der Waals surface area (Å²) in [6.45, 7) is 0. The molecular weight excluding hydrogens is 517 g/mol. The minimum absolute atomic E-state index is 0.0385. The van der Waals surface area contributed by atoms with E-state index >= 15 is 0 Å². The molecule has 4 rings (SSSR count). The van der Waals surface area contributed by atoms with Crippen LogP contribution >= 0.6 is 34.5 Å². The van der Waals surface area contributed by atoms with Crippen molar-refractivity contribution in [2.24, 2.45) is 0 Å². The van der Waals surface area contributed by atoms with Crippen LogP contribution in [0.1, 0.15) is 12.0 Å². The van der Waals surface area contributed by atoms with Gasteiger partial charge in [-0.05, 0) is 53.8 Å². The Morgan fingerprint density at radius 3 is 2.16 bits per heavy atom. The Bertz CT molecular complexity index is 1420. The molecule has 8 nitrogen and oxygen atoms in total. The van der Waals surface area contributed by atoms with Crippen molar-refractivity contribution < 1.29 is 21.6 Å². The first-order valence-electron chi connectivity index (χ1n) is 9.06. The van der Waals surface area contributed by atoms with E-state index in [2.05, 4.69) is 14.8 Å². The number of carbonyl (C=O) groups is 1. The van der Waals surface area contributed by atoms with E-state index in [1.807, 2.05) is 0 Å². The second-order valence-electron chi connectivity index (χ2n) is 6.82. The maximum absolute atomic E-state index is 13.0. The van der Waals surface area contributed by atoms with Gasteiger partial charge in [-0.15, -0.1) is 11.3 Å². The molecule has 0 saturated heterocycles. The zero-order valence-corrected chi connectivity index (χ0v) is 20.0. The molecule has 1 aliphatic heterocycles. The summed E-state index contributed by atoms with van der Waals surface area (Å²) in [7, 11) is -8.09. The van der Waals surface area contributed by atoms with Crippen LogP contribution in [0.15, 0.2) is 56.9 Å². The van der Waals surface area contributed by atoms with E-state index in [-0.39, 0.29) is 42.9 Å². The molecule has 1 aliphatic rings. The normalized spacial score (nSPS) is 13.9. The van der Waals surface area contributed by atoms with Crippen molar-refractivity contribution in [2.75, 3.05) is 14.8 Å². The number of nitrogens with one attached hydrogen (secondary N) is 3. The van der Waals surface area contributed by atoms with Crippen LogP contribution in [0.5, 0.6) is 0 Å². The monoisotopic (exact) mass is 531 g/mol. The number of fused-ring (bicyclic) bond motifs is 1. The highest BCUT2D eigenvalue weighted by atomic mass is 35.5. The van der Waals surface area contributed by atoms with E-state index in [9.17, 15) is 21.6 Å². The average Bonchev–Trinajstić information content (AvgIpc) is 3.27. The lowest BCUT2D eigenvalue weighted by Crippen LogP contribution is -2.20. The minimum atomic E-state index is -4.12. The van der Waals surface area contributed by atoms with Crippen LogP contribution in [0, 0.1) is 0 Å². The van der Waals surface area contributed by atoms with Crippen LogP contribution in [0.25, 0.3) is 0 Å². The third-order valence-corrected chi connectivity index (χ3v) is 9.44. The number of hydrogen-bond acceptors (Lipinski definition) is 6. The van der Waals surface area contributed by atoms with E-state index in [4.69, 9.17) is 23.2 Å². The van der Waals surface area contributed by atoms with E-state index in [1.54, 1.807) is 11.4 Å². The minimum Gasteiger partial charge on any atom is -0.326 e. The average molecular weight is 532 g/mol. The van der Waals surface area contributed by atoms with Crippen LogP contribution in [-0.2, 0) is 31.3 Å². The van der Waals surface area contributed by atoms with E-state index in [0.717, 1.165) is 11.3 Å². The molecule has 0 atom stereocenters. The molecule has 13 heteroatoms. The Kier molecular flexibility index (Phi) is 6.12. The van der Waals surface area contributed by atoms with Gasteiger partial charge >= 0.3 is 0 Å². The molecule has 0 bridgehead atoms. The number of amides is 1. The number of benzene rings is 2. The van der Waals surface area contributed by atoms with Gasteiger partial charge in [0.1, 0.15) is 4.21 Å². The van der Waals surface area contributed by atoms with Gasteiger partial charge in [-0.25, -0.2) is 16.8 Å². The Morgan fingerprint density at radius 1 is 0.875 bits per heavy atom. The summed E-state index contributed by atoms with van der Waals surface area (Å²) in [5.41, 5.74) is 1.06. The van der Waals surface area contributed by atoms with Crippen molar-refractivity contribution in [1.82, 2.24) is 0 Å². The second-order valence-corrected chi connectivity index (χ2v) is 12.2. The number of hydrogen-bond donors (Lipinski definition) is 3. The lowest BCUT2D eigenvalue weighted by Gasteiger charge is -2.19. The van der Waals surface area contributed by atoms with Crippen LogP contribution in [0.3, 0.4) is 0 Å². The fourth-order valence-corrected chi connectivity index (χ4v) is 6.57. The number of aryl methyl sites for hydroxylation is 1. The predicted molar refractivity (Wildman–Crippen MR) is 126 cm³/mol. The van der Waals surface area contributed by atoms with Crippen LogP contribution in [0.2, 0.25) is 10.0 Å². The molecule has 3 aromatic rings. The molecule has 168 valence electrons. The predicted octanol–water partition coefficient (Wildman–Crippen LogP) is 4.54. The van der Waals surface area contributed by atoms with E-state index in [0.29, 0.717) is 17.7 Å². The summed E-state index contributed by atoms with van der Waals surface area (Å²) in [6, 6.07) is 9.78. The standard InChI is InChI=1S/C19H15Cl2N3O5S3/c20-13-9-16(17(10-14(13)21)24-32(28,29)19-2-1-7-30-19)23-31(26,27)12-4-5-15-11(8-12)3-6-18(25)22-15/h1-2,4-5,7-10,23-24H,3,6H2,(H,22,25). The molecule has 1 amide bonds. The van der Waals surface area contributed by atoms with Gasteiger partial charge in [0.15, 0.2) is 0 Å². The zero-order valence-electron chi connectivity index (χ0n) is 16.1. The Morgan fingerprint density at radius 2 is 1.53 bits per heavy atom. The summed E-state index contributed by atoms with van der Waals surface area (Å²) in [5, 5.41) is 4.37. The van der Waals surface area contributed by atoms with E-state index < -0.39 is 20.0 Å². The number of sulfonamides is 2. The SMILES string of the molecule is O=C1CCc2cc(S(=O)(=O)Nc3cc(Cl)c(Cl)cc3NS(=O)(=O)c3cccs3)ccc2N1. The fraction of sp³-hybridized carbons (Fsp3) is 0.105. The lowest BCUT2D eigenvalue weighted by atomic mass is 10.0. The van der Waals surface area contributed by atoms with Crippen molar-refractivity contribution in [2.45, 2.75) is 21.9 Å². The maximum atomic E-state index is 13.0. The molecule has 0 radical (unpaired) electrons. The molecule has 0 spiro atoms. The smallest absolute Gasteiger partial charge is 0.271 e. The van der Waals surface area contributed by atoms with Crippen molar-refractivity contribution in [3.05, 3.63) is 63.5 Å². The molecule has 0 unspecified atom stereocenters. The van der Waals surface area contributed by atoms with Crippen molar-refractivity contribution in [1.29, 1.82) is 0 Å². The van der Waals surface area contributed by atoms with Crippen molar-refractivity contribution in [3.8, 4) is 0 Å². The molecular formula is C19H15Cl2N3O5S3. The quantitative estimate of drug-likeness (QED) is 0.431. The number of halogens is 2. The van der Waals surface area contributed by atoms with Crippen molar-refractivity contribution >= 4 is 77.6 Å². The highest BCUT2D eigenvalue weighted by Crippen LogP contribution is 2.36. The van der Waals surface area contributed by atoms with Gasteiger partial charge in [-0.3, -0.25) is 14.2 Å². The summed E-state index contributed by atoms with van der Waals surface area (Å²) in [4.78, 5) is 11.5. The first-order chi connectivity index (χ1) is 15.0. The van der Waals surface area contributed by atoms with Gasteiger partial charge in [0, 0.05) is 12.1 Å². The van der Waals surface area contributed by atoms with Gasteiger partial charge in [0.25, 0.3) is 20.0 Å². The molecule has 0 fully saturated rings. The zero-order chi connectivity index (χ0) is 23.1. The van der Waals surface area contributed by atoms with Gasteiger partial charge in [0.05, 0.1) is 26.3 Å². The molecule has 0 aliphatic carbocycles. The maximum Gasteiger partial charge on any atom is 0.271 e. The van der Waals surface area contributed by atoms with Gasteiger partial charge in [-0.1, -0.05) is 29.3 Å². The number of rotatable bonds is 6. The highest BCUT2D eigenvalue weighted by Gasteiger charge is 2.23. The third-order valence-electron chi connectivity index (χ3n) is 4.59. The number of carbonyl (C=O) groups excluding carboxylic acids is 1. The molecule has 3 N–H and O–H groups in total. The Labute approximate surface area is 198 Å². The lowest BCUT2D eigenvalue weighted by molar-refractivity contribution is -0.116. The molecule has 0 saturated carbocycles. The highest BCUT2D eigenvalue weighted by molar-refractivity contribution is 7.94. The number of anilines is 3. The number of thiophene rings is 1. The van der Waals surface area contributed by atoms with Gasteiger partial charge in [0.2, 0.25) is 5.91 Å². The summed E-state index contributed by atoms with van der Waals surface area (Å²) in [5.74, 6) is -0.135. The Hall–Kier alpha value is -2.31. The van der Waals surface area contributed by atoms with E-state index in [1.165, 1.54) is 36.4 Å². The molecule has 2 heterocycles.